The number of rotatable bonds is 14. The van der Waals surface area contributed by atoms with Gasteiger partial charge < -0.3 is 0 Å². The third kappa shape index (κ3) is 9.43. The summed E-state index contributed by atoms with van der Waals surface area (Å²) < 4.78 is 3.65. The number of carbonyl (C=O) groups excluding carboxylic acids is 1. The Morgan fingerprint density at radius 3 is 1.65 bits per heavy atom. The number of halogens is 1. The molecule has 0 aliphatic carbocycles. The van der Waals surface area contributed by atoms with Crippen molar-refractivity contribution in [2.24, 2.45) is 0 Å². The fraction of sp³-hybridized carbons (Fsp3) is 0.842. The van der Waals surface area contributed by atoms with Crippen LogP contribution in [0.15, 0.2) is 12.2 Å². The van der Waals surface area contributed by atoms with Crippen LogP contribution < -0.4 is 0 Å². The zero-order valence-electron chi connectivity index (χ0n) is 15.8. The van der Waals surface area contributed by atoms with Gasteiger partial charge in [0.05, 0.1) is 0 Å². The van der Waals surface area contributed by atoms with Crippen LogP contribution in [0.5, 0.6) is 0 Å². The zero-order chi connectivity index (χ0) is 17.8. The second-order valence-electron chi connectivity index (χ2n) is 7.04. The number of esters is 1. The van der Waals surface area contributed by atoms with Gasteiger partial charge in [-0.05, 0) is 0 Å². The van der Waals surface area contributed by atoms with Crippen molar-refractivity contribution >= 4 is 32.3 Å². The molecule has 138 valence electrons. The minimum atomic E-state index is -1.69. The van der Waals surface area contributed by atoms with Crippen LogP contribution in [0, 0.1) is 0 Å². The summed E-state index contributed by atoms with van der Waals surface area (Å²) in [5.41, 5.74) is 0.500. The van der Waals surface area contributed by atoms with E-state index in [9.17, 15) is 4.79 Å². The summed E-state index contributed by atoms with van der Waals surface area (Å²) >= 11 is 2.92. The van der Waals surface area contributed by atoms with Gasteiger partial charge in [-0.1, -0.05) is 0 Å². The molecule has 0 aromatic rings. The predicted molar refractivity (Wildman–Crippen MR) is 116 cm³/mol. The normalized spacial score (nSPS) is 13.3. The molecule has 0 bridgehead atoms. The van der Waals surface area contributed by atoms with E-state index in [1.807, 2.05) is 0 Å². The van der Waals surface area contributed by atoms with Gasteiger partial charge in [-0.2, -0.15) is 0 Å². The maximum absolute atomic E-state index is 11.6. The van der Waals surface area contributed by atoms with Crippen molar-refractivity contribution in [2.45, 2.75) is 72.6 Å². The molecule has 23 heavy (non-hydrogen) atoms. The molecular weight excluding hydrogens is 418 g/mol. The first-order chi connectivity index (χ1) is 10.8. The molecule has 0 heterocycles. The van der Waals surface area contributed by atoms with Crippen molar-refractivity contribution in [1.29, 1.82) is 0 Å². The van der Waals surface area contributed by atoms with E-state index in [2.05, 4.69) is 49.4 Å². The molecule has 0 unspecified atom stereocenters. The molecule has 0 spiro atoms. The molecule has 0 atom stereocenters. The van der Waals surface area contributed by atoms with E-state index in [-0.39, 0.29) is 5.97 Å². The summed E-state index contributed by atoms with van der Waals surface area (Å²) in [4.78, 5) is 11.6. The van der Waals surface area contributed by atoms with Gasteiger partial charge in [-0.15, -0.1) is 0 Å². The quantitative estimate of drug-likeness (QED) is 0.0945. The average molecular weight is 456 g/mol. The molecule has 0 amide bonds. The third-order valence-electron chi connectivity index (χ3n) is 4.65. The number of unbranched alkanes of at least 4 members (excludes halogenated alkanes) is 3. The molecule has 4 heteroatoms. The van der Waals surface area contributed by atoms with Gasteiger partial charge in [0.2, 0.25) is 0 Å². The van der Waals surface area contributed by atoms with Crippen molar-refractivity contribution in [3.63, 3.8) is 0 Å². The standard InChI is InChI=1S/C19H38IO2P/c1-6-9-14-23(20,15-10-7-2,16-11-8-3)17-12-13-22-19(21)18(4)5/h4,6-17H2,1-3,5H3. The second-order valence-corrected chi connectivity index (χ2v) is 20.7. The summed E-state index contributed by atoms with van der Waals surface area (Å²) in [6, 6.07) is 0. The van der Waals surface area contributed by atoms with Gasteiger partial charge in [-0.3, -0.25) is 0 Å². The zero-order valence-corrected chi connectivity index (χ0v) is 18.9. The number of carbonyl (C=O) groups is 1. The van der Waals surface area contributed by atoms with Crippen molar-refractivity contribution in [3.8, 4) is 0 Å². The molecular formula is C19H38IO2P. The molecule has 0 radical (unpaired) electrons. The van der Waals surface area contributed by atoms with Crippen LogP contribution in [0.25, 0.3) is 0 Å². The summed E-state index contributed by atoms with van der Waals surface area (Å²) in [6.45, 7) is 12.8. The van der Waals surface area contributed by atoms with Crippen molar-refractivity contribution in [1.82, 2.24) is 0 Å². The Morgan fingerprint density at radius 2 is 1.30 bits per heavy atom. The number of hydrogen-bond acceptors (Lipinski definition) is 2. The molecule has 2 nitrogen and oxygen atoms in total. The molecule has 0 aromatic heterocycles. The van der Waals surface area contributed by atoms with Gasteiger partial charge in [0.15, 0.2) is 0 Å². The summed E-state index contributed by atoms with van der Waals surface area (Å²) in [6.07, 6.45) is 14.4. The van der Waals surface area contributed by atoms with Crippen LogP contribution in [0.1, 0.15) is 72.6 Å². The molecule has 0 saturated carbocycles. The topological polar surface area (TPSA) is 26.3 Å². The van der Waals surface area contributed by atoms with Gasteiger partial charge in [0.1, 0.15) is 0 Å². The van der Waals surface area contributed by atoms with E-state index in [0.29, 0.717) is 12.2 Å². The Labute approximate surface area is 157 Å². The molecule has 0 saturated heterocycles. The Bertz CT molecular complexity index is 344. The van der Waals surface area contributed by atoms with Gasteiger partial charge in [-0.25, -0.2) is 0 Å². The van der Waals surface area contributed by atoms with Crippen LogP contribution in [-0.4, -0.2) is 37.2 Å². The summed E-state index contributed by atoms with van der Waals surface area (Å²) in [5, 5.41) is 0. The molecule has 0 aliphatic rings. The summed E-state index contributed by atoms with van der Waals surface area (Å²) in [5.74, 6) is -0.241. The van der Waals surface area contributed by atoms with Gasteiger partial charge in [0, 0.05) is 0 Å². The predicted octanol–water partition coefficient (Wildman–Crippen LogP) is 6.80. The second kappa shape index (κ2) is 11.8. The average Bonchev–Trinajstić information content (AvgIpc) is 2.54. The van der Waals surface area contributed by atoms with Crippen molar-refractivity contribution < 1.29 is 9.53 Å². The Kier molecular flexibility index (Phi) is 12.0. The maximum atomic E-state index is 11.6. The van der Waals surface area contributed by atoms with Crippen LogP contribution in [0.3, 0.4) is 0 Å². The van der Waals surface area contributed by atoms with E-state index < -0.39 is 4.25 Å². The van der Waals surface area contributed by atoms with E-state index in [4.69, 9.17) is 4.74 Å². The van der Waals surface area contributed by atoms with Crippen LogP contribution in [-0.2, 0) is 9.53 Å². The Balaban J connectivity index is 4.83. The third-order valence-corrected chi connectivity index (χ3v) is 16.2. The van der Waals surface area contributed by atoms with Crippen LogP contribution in [0.2, 0.25) is 0 Å². The first-order valence-corrected chi connectivity index (χ1v) is 15.1. The molecule has 0 aliphatic heterocycles. The molecule has 0 N–H and O–H groups in total. The molecule has 0 rings (SSSR count). The molecule has 0 fully saturated rings. The fourth-order valence-corrected chi connectivity index (χ4v) is 12.8. The van der Waals surface area contributed by atoms with Gasteiger partial charge in [0.25, 0.3) is 0 Å². The fourth-order valence-electron chi connectivity index (χ4n) is 3.08. The Hall–Kier alpha value is 0.370. The van der Waals surface area contributed by atoms with Crippen LogP contribution >= 0.6 is 26.3 Å². The summed E-state index contributed by atoms with van der Waals surface area (Å²) in [7, 11) is 0. The monoisotopic (exact) mass is 456 g/mol. The first kappa shape index (κ1) is 23.4. The minimum absolute atomic E-state index is 0.241. The number of hydrogen-bond donors (Lipinski definition) is 0. The van der Waals surface area contributed by atoms with E-state index in [1.54, 1.807) is 6.92 Å². The van der Waals surface area contributed by atoms with Gasteiger partial charge >= 0.3 is 158 Å². The number of ether oxygens (including phenoxy) is 1. The van der Waals surface area contributed by atoms with E-state index in [1.165, 1.54) is 63.2 Å². The Morgan fingerprint density at radius 1 is 0.913 bits per heavy atom. The van der Waals surface area contributed by atoms with Crippen molar-refractivity contribution in [3.05, 3.63) is 12.2 Å². The molecule has 0 aromatic carbocycles. The SMILES string of the molecule is C=C(C)C(=O)OCCCP(I)(CCCC)(CCCC)CCCC. The van der Waals surface area contributed by atoms with E-state index in [0.717, 1.165) is 6.42 Å². The first-order valence-electron chi connectivity index (χ1n) is 9.36. The van der Waals surface area contributed by atoms with Crippen LogP contribution in [0.4, 0.5) is 0 Å². The van der Waals surface area contributed by atoms with Crippen molar-refractivity contribution in [2.75, 3.05) is 31.3 Å². The van der Waals surface area contributed by atoms with E-state index >= 15 is 0 Å².